The molecule has 0 saturated heterocycles. The van der Waals surface area contributed by atoms with Gasteiger partial charge in [-0.05, 0) is 42.3 Å². The highest BCUT2D eigenvalue weighted by Crippen LogP contribution is 2.17. The van der Waals surface area contributed by atoms with Gasteiger partial charge in [-0.3, -0.25) is 4.79 Å². The van der Waals surface area contributed by atoms with Gasteiger partial charge in [0.05, 0.1) is 12.4 Å². The second kappa shape index (κ2) is 7.90. The van der Waals surface area contributed by atoms with Crippen LogP contribution in [0, 0.1) is 6.92 Å². The lowest BCUT2D eigenvalue weighted by Crippen LogP contribution is -2.24. The van der Waals surface area contributed by atoms with Crippen LogP contribution < -0.4 is 10.6 Å². The fourth-order valence-corrected chi connectivity index (χ4v) is 2.53. The Balaban J connectivity index is 1.60. The molecule has 0 atom stereocenters. The number of hydrogen-bond acceptors (Lipinski definition) is 4. The third-order valence-electron chi connectivity index (χ3n) is 3.70. The Hall–Kier alpha value is -2.73. The van der Waals surface area contributed by atoms with E-state index in [4.69, 9.17) is 0 Å². The van der Waals surface area contributed by atoms with Gasteiger partial charge in [0.15, 0.2) is 0 Å². The summed E-state index contributed by atoms with van der Waals surface area (Å²) in [6, 6.07) is 15.7. The number of nitrogens with one attached hydrogen (secondary N) is 2. The number of carbonyl (C=O) groups excluding carboxylic acids is 1. The lowest BCUT2D eigenvalue weighted by atomic mass is 10.1. The Morgan fingerprint density at radius 1 is 1.04 bits per heavy atom. The minimum atomic E-state index is -0.244. The molecule has 1 aromatic heterocycles. The second-order valence-electron chi connectivity index (χ2n) is 5.53. The number of aryl methyl sites for hydroxylation is 1. The first kappa shape index (κ1) is 17.1. The van der Waals surface area contributed by atoms with E-state index in [2.05, 4.69) is 36.5 Å². The fraction of sp³-hybridized carbons (Fsp3) is 0.105. The van der Waals surface area contributed by atoms with Crippen molar-refractivity contribution in [3.05, 3.63) is 82.2 Å². The van der Waals surface area contributed by atoms with Crippen molar-refractivity contribution in [1.29, 1.82) is 0 Å². The van der Waals surface area contributed by atoms with E-state index in [1.165, 1.54) is 6.20 Å². The standard InChI is InChI=1S/C19H17BrN4O/c1-13-4-2-3-5-14(13)10-23-19(25)17-11-22-18(12-21-17)24-16-8-6-15(20)7-9-16/h2-9,11-12H,10H2,1H3,(H,22,24)(H,23,25). The SMILES string of the molecule is Cc1ccccc1CNC(=O)c1cnc(Nc2ccc(Br)cc2)cn1. The monoisotopic (exact) mass is 396 g/mol. The maximum Gasteiger partial charge on any atom is 0.271 e. The van der Waals surface area contributed by atoms with Crippen molar-refractivity contribution in [3.63, 3.8) is 0 Å². The van der Waals surface area contributed by atoms with E-state index in [9.17, 15) is 4.79 Å². The molecule has 3 aromatic rings. The first-order chi connectivity index (χ1) is 12.1. The molecule has 0 unspecified atom stereocenters. The molecule has 2 aromatic carbocycles. The zero-order chi connectivity index (χ0) is 17.6. The Morgan fingerprint density at radius 2 is 1.80 bits per heavy atom. The van der Waals surface area contributed by atoms with E-state index in [-0.39, 0.29) is 11.6 Å². The fourth-order valence-electron chi connectivity index (χ4n) is 2.27. The van der Waals surface area contributed by atoms with Crippen LogP contribution in [0.3, 0.4) is 0 Å². The molecule has 1 amide bonds. The summed E-state index contributed by atoms with van der Waals surface area (Å²) in [5.41, 5.74) is 3.41. The summed E-state index contributed by atoms with van der Waals surface area (Å²) < 4.78 is 1.00. The maximum absolute atomic E-state index is 12.2. The minimum Gasteiger partial charge on any atom is -0.347 e. The van der Waals surface area contributed by atoms with Crippen molar-refractivity contribution in [2.45, 2.75) is 13.5 Å². The van der Waals surface area contributed by atoms with Crippen molar-refractivity contribution in [2.75, 3.05) is 5.32 Å². The average Bonchev–Trinajstić information content (AvgIpc) is 2.63. The Kier molecular flexibility index (Phi) is 5.40. The summed E-state index contributed by atoms with van der Waals surface area (Å²) in [6.07, 6.45) is 3.01. The predicted octanol–water partition coefficient (Wildman–Crippen LogP) is 4.22. The first-order valence-electron chi connectivity index (χ1n) is 7.79. The number of halogens is 1. The maximum atomic E-state index is 12.2. The topological polar surface area (TPSA) is 66.9 Å². The van der Waals surface area contributed by atoms with Crippen LogP contribution in [0.25, 0.3) is 0 Å². The zero-order valence-corrected chi connectivity index (χ0v) is 15.2. The number of aromatic nitrogens is 2. The first-order valence-corrected chi connectivity index (χ1v) is 8.58. The summed E-state index contributed by atoms with van der Waals surface area (Å²) in [5, 5.41) is 6.00. The lowest BCUT2D eigenvalue weighted by molar-refractivity contribution is 0.0945. The zero-order valence-electron chi connectivity index (χ0n) is 13.7. The summed E-state index contributed by atoms with van der Waals surface area (Å²) in [5.74, 6) is 0.337. The van der Waals surface area contributed by atoms with Gasteiger partial charge in [-0.1, -0.05) is 40.2 Å². The molecular formula is C19H17BrN4O. The van der Waals surface area contributed by atoms with E-state index < -0.39 is 0 Å². The molecule has 0 aliphatic heterocycles. The third-order valence-corrected chi connectivity index (χ3v) is 4.23. The summed E-state index contributed by atoms with van der Waals surface area (Å²) >= 11 is 3.39. The van der Waals surface area contributed by atoms with Gasteiger partial charge >= 0.3 is 0 Å². The van der Waals surface area contributed by atoms with E-state index in [0.29, 0.717) is 12.4 Å². The van der Waals surface area contributed by atoms with Crippen molar-refractivity contribution in [1.82, 2.24) is 15.3 Å². The molecule has 25 heavy (non-hydrogen) atoms. The summed E-state index contributed by atoms with van der Waals surface area (Å²) in [6.45, 7) is 2.48. The molecule has 0 saturated carbocycles. The quantitative estimate of drug-likeness (QED) is 0.677. The Morgan fingerprint density at radius 3 is 2.48 bits per heavy atom. The smallest absolute Gasteiger partial charge is 0.271 e. The van der Waals surface area contributed by atoms with Gasteiger partial charge in [-0.25, -0.2) is 9.97 Å². The highest BCUT2D eigenvalue weighted by molar-refractivity contribution is 9.10. The Bertz CT molecular complexity index is 863. The molecule has 0 spiro atoms. The van der Waals surface area contributed by atoms with Gasteiger partial charge in [0, 0.05) is 16.7 Å². The number of carbonyl (C=O) groups is 1. The molecule has 0 aliphatic carbocycles. The van der Waals surface area contributed by atoms with Crippen molar-refractivity contribution in [3.8, 4) is 0 Å². The molecule has 6 heteroatoms. The largest absolute Gasteiger partial charge is 0.347 e. The van der Waals surface area contributed by atoms with Crippen LogP contribution in [0.15, 0.2) is 65.4 Å². The minimum absolute atomic E-state index is 0.244. The van der Waals surface area contributed by atoms with Gasteiger partial charge < -0.3 is 10.6 Å². The van der Waals surface area contributed by atoms with Crippen molar-refractivity contribution >= 4 is 33.3 Å². The molecule has 2 N–H and O–H groups in total. The molecular weight excluding hydrogens is 380 g/mol. The van der Waals surface area contributed by atoms with Crippen LogP contribution in [0.2, 0.25) is 0 Å². The van der Waals surface area contributed by atoms with Crippen LogP contribution in [-0.2, 0) is 6.54 Å². The predicted molar refractivity (Wildman–Crippen MR) is 102 cm³/mol. The van der Waals surface area contributed by atoms with Crippen LogP contribution >= 0.6 is 15.9 Å². The molecule has 0 aliphatic rings. The second-order valence-corrected chi connectivity index (χ2v) is 6.44. The molecule has 1 heterocycles. The Labute approximate surface area is 154 Å². The van der Waals surface area contributed by atoms with Gasteiger partial charge in [0.25, 0.3) is 5.91 Å². The van der Waals surface area contributed by atoms with Gasteiger partial charge in [0.1, 0.15) is 11.5 Å². The number of benzene rings is 2. The van der Waals surface area contributed by atoms with Gasteiger partial charge in [0.2, 0.25) is 0 Å². The summed E-state index contributed by atoms with van der Waals surface area (Å²) in [4.78, 5) is 20.6. The number of rotatable bonds is 5. The molecule has 0 fully saturated rings. The number of hydrogen-bond donors (Lipinski definition) is 2. The van der Waals surface area contributed by atoms with Crippen molar-refractivity contribution < 1.29 is 4.79 Å². The van der Waals surface area contributed by atoms with E-state index in [1.807, 2.05) is 55.5 Å². The van der Waals surface area contributed by atoms with Crippen LogP contribution in [-0.4, -0.2) is 15.9 Å². The normalized spacial score (nSPS) is 10.3. The third kappa shape index (κ3) is 4.64. The lowest BCUT2D eigenvalue weighted by Gasteiger charge is -2.08. The van der Waals surface area contributed by atoms with E-state index >= 15 is 0 Å². The highest BCUT2D eigenvalue weighted by atomic mass is 79.9. The van der Waals surface area contributed by atoms with Crippen LogP contribution in [0.4, 0.5) is 11.5 Å². The average molecular weight is 397 g/mol. The highest BCUT2D eigenvalue weighted by Gasteiger charge is 2.08. The molecule has 3 rings (SSSR count). The number of nitrogens with zero attached hydrogens (tertiary/aromatic N) is 2. The summed E-state index contributed by atoms with van der Waals surface area (Å²) in [7, 11) is 0. The van der Waals surface area contributed by atoms with Crippen LogP contribution in [0.5, 0.6) is 0 Å². The van der Waals surface area contributed by atoms with Crippen LogP contribution in [0.1, 0.15) is 21.6 Å². The van der Waals surface area contributed by atoms with Crippen molar-refractivity contribution in [2.24, 2.45) is 0 Å². The van der Waals surface area contributed by atoms with E-state index in [1.54, 1.807) is 6.20 Å². The molecule has 0 radical (unpaired) electrons. The van der Waals surface area contributed by atoms with Gasteiger partial charge in [-0.2, -0.15) is 0 Å². The number of amides is 1. The van der Waals surface area contributed by atoms with E-state index in [0.717, 1.165) is 21.3 Å². The number of anilines is 2. The molecule has 0 bridgehead atoms. The molecule has 5 nitrogen and oxygen atoms in total. The van der Waals surface area contributed by atoms with Gasteiger partial charge in [-0.15, -0.1) is 0 Å². The molecule has 126 valence electrons.